The highest BCUT2D eigenvalue weighted by Gasteiger charge is 2.25. The SMILES string of the molecule is Cn1cc(C(=O)N2CCCC(CNCC(=O)O)C2)cn1. The number of aromatic nitrogens is 2. The van der Waals surface area contributed by atoms with Crippen molar-refractivity contribution in [1.29, 1.82) is 0 Å². The molecule has 20 heavy (non-hydrogen) atoms. The number of likely N-dealkylation sites (tertiary alicyclic amines) is 1. The summed E-state index contributed by atoms with van der Waals surface area (Å²) in [6, 6.07) is 0. The molecule has 7 heteroatoms. The Hall–Kier alpha value is -1.89. The molecule has 1 unspecified atom stereocenters. The lowest BCUT2D eigenvalue weighted by molar-refractivity contribution is -0.136. The Morgan fingerprint density at radius 2 is 2.35 bits per heavy atom. The summed E-state index contributed by atoms with van der Waals surface area (Å²) in [5.41, 5.74) is 0.603. The van der Waals surface area contributed by atoms with Crippen LogP contribution < -0.4 is 5.32 Å². The average Bonchev–Trinajstić information content (AvgIpc) is 2.84. The van der Waals surface area contributed by atoms with Crippen molar-refractivity contribution < 1.29 is 14.7 Å². The highest BCUT2D eigenvalue weighted by Crippen LogP contribution is 2.17. The lowest BCUT2D eigenvalue weighted by atomic mass is 9.97. The van der Waals surface area contributed by atoms with Crippen molar-refractivity contribution in [3.8, 4) is 0 Å². The smallest absolute Gasteiger partial charge is 0.317 e. The summed E-state index contributed by atoms with van der Waals surface area (Å²) in [6.45, 7) is 2.01. The summed E-state index contributed by atoms with van der Waals surface area (Å²) < 4.78 is 1.61. The first kappa shape index (κ1) is 14.5. The zero-order valence-corrected chi connectivity index (χ0v) is 11.6. The van der Waals surface area contributed by atoms with Gasteiger partial charge >= 0.3 is 5.97 Å². The molecule has 0 saturated carbocycles. The van der Waals surface area contributed by atoms with Crippen LogP contribution >= 0.6 is 0 Å². The number of aliphatic carboxylic acids is 1. The van der Waals surface area contributed by atoms with E-state index in [0.717, 1.165) is 19.4 Å². The minimum absolute atomic E-state index is 0.000958. The standard InChI is InChI=1S/C13H20N4O3/c1-16-9-11(6-15-16)13(20)17-4-2-3-10(8-17)5-14-7-12(18)19/h6,9-10,14H,2-5,7-8H2,1H3,(H,18,19). The molecule has 2 N–H and O–H groups in total. The number of carbonyl (C=O) groups is 2. The molecule has 0 aromatic carbocycles. The summed E-state index contributed by atoms with van der Waals surface area (Å²) in [7, 11) is 1.78. The fourth-order valence-electron chi connectivity index (χ4n) is 2.51. The summed E-state index contributed by atoms with van der Waals surface area (Å²) >= 11 is 0. The van der Waals surface area contributed by atoms with E-state index in [1.54, 1.807) is 24.1 Å². The molecule has 0 aliphatic carbocycles. The van der Waals surface area contributed by atoms with Crippen LogP contribution in [-0.4, -0.2) is 57.8 Å². The van der Waals surface area contributed by atoms with Crippen LogP contribution in [0.2, 0.25) is 0 Å². The predicted molar refractivity (Wildman–Crippen MR) is 72.3 cm³/mol. The number of amides is 1. The van der Waals surface area contributed by atoms with E-state index >= 15 is 0 Å². The maximum absolute atomic E-state index is 12.3. The monoisotopic (exact) mass is 280 g/mol. The second-order valence-corrected chi connectivity index (χ2v) is 5.19. The molecule has 0 spiro atoms. The molecule has 7 nitrogen and oxygen atoms in total. The molecule has 1 fully saturated rings. The Labute approximate surface area is 117 Å². The lowest BCUT2D eigenvalue weighted by Gasteiger charge is -2.32. The largest absolute Gasteiger partial charge is 0.480 e. The molecule has 1 atom stereocenters. The summed E-state index contributed by atoms with van der Waals surface area (Å²) in [4.78, 5) is 24.6. The first-order chi connectivity index (χ1) is 9.56. The zero-order valence-electron chi connectivity index (χ0n) is 11.6. The third-order valence-corrected chi connectivity index (χ3v) is 3.47. The van der Waals surface area contributed by atoms with E-state index in [2.05, 4.69) is 10.4 Å². The van der Waals surface area contributed by atoms with Crippen LogP contribution in [0.15, 0.2) is 12.4 Å². The van der Waals surface area contributed by atoms with Crippen LogP contribution in [-0.2, 0) is 11.8 Å². The maximum Gasteiger partial charge on any atom is 0.317 e. The Kier molecular flexibility index (Phi) is 4.73. The van der Waals surface area contributed by atoms with Crippen molar-refractivity contribution in [3.63, 3.8) is 0 Å². The first-order valence-corrected chi connectivity index (χ1v) is 6.76. The van der Waals surface area contributed by atoms with Crippen molar-refractivity contribution in [3.05, 3.63) is 18.0 Å². The number of carboxylic acid groups (broad SMARTS) is 1. The third kappa shape index (κ3) is 3.80. The highest BCUT2D eigenvalue weighted by molar-refractivity contribution is 5.93. The minimum atomic E-state index is -0.857. The molecule has 110 valence electrons. The summed E-state index contributed by atoms with van der Waals surface area (Å²) in [5.74, 6) is -0.547. The minimum Gasteiger partial charge on any atom is -0.480 e. The molecule has 1 amide bonds. The third-order valence-electron chi connectivity index (χ3n) is 3.47. The lowest BCUT2D eigenvalue weighted by Crippen LogP contribution is -2.43. The molecule has 1 aliphatic heterocycles. The number of carbonyl (C=O) groups excluding carboxylic acids is 1. The first-order valence-electron chi connectivity index (χ1n) is 6.76. The van der Waals surface area contributed by atoms with Crippen LogP contribution in [0.1, 0.15) is 23.2 Å². The molecule has 1 aromatic rings. The van der Waals surface area contributed by atoms with Gasteiger partial charge in [0.2, 0.25) is 0 Å². The van der Waals surface area contributed by atoms with Gasteiger partial charge in [-0.2, -0.15) is 5.10 Å². The number of piperidine rings is 1. The van der Waals surface area contributed by atoms with Gasteiger partial charge in [-0.1, -0.05) is 0 Å². The van der Waals surface area contributed by atoms with Crippen molar-refractivity contribution in [2.24, 2.45) is 13.0 Å². The Bertz CT molecular complexity index is 486. The number of hydrogen-bond acceptors (Lipinski definition) is 4. The quantitative estimate of drug-likeness (QED) is 0.789. The van der Waals surface area contributed by atoms with E-state index in [1.807, 2.05) is 4.90 Å². The van der Waals surface area contributed by atoms with Crippen LogP contribution in [0.4, 0.5) is 0 Å². The van der Waals surface area contributed by atoms with Crippen molar-refractivity contribution >= 4 is 11.9 Å². The van der Waals surface area contributed by atoms with Gasteiger partial charge in [-0.3, -0.25) is 14.3 Å². The van der Waals surface area contributed by atoms with E-state index in [1.165, 1.54) is 0 Å². The Morgan fingerprint density at radius 1 is 1.55 bits per heavy atom. The van der Waals surface area contributed by atoms with Crippen LogP contribution in [0.25, 0.3) is 0 Å². The number of carboxylic acids is 1. The van der Waals surface area contributed by atoms with Gasteiger partial charge < -0.3 is 15.3 Å². The number of aryl methyl sites for hydroxylation is 1. The summed E-state index contributed by atoms with van der Waals surface area (Å²) in [5, 5.41) is 15.5. The fourth-order valence-corrected chi connectivity index (χ4v) is 2.51. The Morgan fingerprint density at radius 3 is 3.00 bits per heavy atom. The van der Waals surface area contributed by atoms with Crippen molar-refractivity contribution in [2.75, 3.05) is 26.2 Å². The maximum atomic E-state index is 12.3. The second kappa shape index (κ2) is 6.51. The van der Waals surface area contributed by atoms with Crippen LogP contribution in [0.3, 0.4) is 0 Å². The molecule has 2 rings (SSSR count). The van der Waals surface area contributed by atoms with Gasteiger partial charge in [0.05, 0.1) is 18.3 Å². The average molecular weight is 280 g/mol. The van der Waals surface area contributed by atoms with E-state index in [-0.39, 0.29) is 12.5 Å². The van der Waals surface area contributed by atoms with E-state index in [4.69, 9.17) is 5.11 Å². The number of hydrogen-bond donors (Lipinski definition) is 2. The molecular weight excluding hydrogens is 260 g/mol. The molecule has 0 radical (unpaired) electrons. The second-order valence-electron chi connectivity index (χ2n) is 5.19. The molecule has 1 aliphatic rings. The zero-order chi connectivity index (χ0) is 14.5. The Balaban J connectivity index is 1.86. The van der Waals surface area contributed by atoms with Gasteiger partial charge in [0, 0.05) is 32.9 Å². The fraction of sp³-hybridized carbons (Fsp3) is 0.615. The number of rotatable bonds is 5. The van der Waals surface area contributed by atoms with E-state index in [0.29, 0.717) is 24.6 Å². The van der Waals surface area contributed by atoms with Gasteiger partial charge in [-0.25, -0.2) is 0 Å². The molecule has 2 heterocycles. The van der Waals surface area contributed by atoms with Crippen LogP contribution in [0, 0.1) is 5.92 Å². The van der Waals surface area contributed by atoms with Crippen molar-refractivity contribution in [2.45, 2.75) is 12.8 Å². The predicted octanol–water partition coefficient (Wildman–Crippen LogP) is -0.0535. The highest BCUT2D eigenvalue weighted by atomic mass is 16.4. The van der Waals surface area contributed by atoms with Gasteiger partial charge in [-0.05, 0) is 18.8 Å². The molecule has 1 aromatic heterocycles. The van der Waals surface area contributed by atoms with E-state index < -0.39 is 5.97 Å². The molecular formula is C13H20N4O3. The molecule has 0 bridgehead atoms. The normalized spacial score (nSPS) is 19.1. The van der Waals surface area contributed by atoms with Crippen molar-refractivity contribution in [1.82, 2.24) is 20.0 Å². The number of nitrogens with zero attached hydrogens (tertiary/aromatic N) is 3. The van der Waals surface area contributed by atoms with Gasteiger partial charge in [0.15, 0.2) is 0 Å². The molecule has 1 saturated heterocycles. The van der Waals surface area contributed by atoms with E-state index in [9.17, 15) is 9.59 Å². The topological polar surface area (TPSA) is 87.5 Å². The van der Waals surface area contributed by atoms with Crippen LogP contribution in [0.5, 0.6) is 0 Å². The van der Waals surface area contributed by atoms with Gasteiger partial charge in [0.1, 0.15) is 0 Å². The number of nitrogens with one attached hydrogen (secondary N) is 1. The van der Waals surface area contributed by atoms with Gasteiger partial charge in [0.25, 0.3) is 5.91 Å². The van der Waals surface area contributed by atoms with Gasteiger partial charge in [-0.15, -0.1) is 0 Å². The summed E-state index contributed by atoms with van der Waals surface area (Å²) in [6.07, 6.45) is 5.26.